The smallest absolute Gasteiger partial charge is 0.244 e. The van der Waals surface area contributed by atoms with Crippen molar-refractivity contribution in [1.82, 2.24) is 10.2 Å². The maximum atomic E-state index is 13.5. The van der Waals surface area contributed by atoms with E-state index < -0.39 is 34.3 Å². The SMILES string of the molecule is COc1ccc(C)cc1N(CC(=O)N(Cc1ccc(F)cc1)[C@@H](C)C(=O)NCC(C)C)S(C)(=O)=O. The Hall–Kier alpha value is -3.14. The standard InChI is InChI=1S/C25H34FN3O5S/c1-17(2)14-27-25(31)19(4)28(15-20-8-10-21(26)11-9-20)24(30)16-29(35(6,32)33)22-13-18(3)7-12-23(22)34-5/h7-13,17,19H,14-16H2,1-6H3,(H,27,31)/t19-/m0/s1. The Morgan fingerprint density at radius 3 is 2.26 bits per heavy atom. The molecule has 192 valence electrons. The highest BCUT2D eigenvalue weighted by molar-refractivity contribution is 7.92. The lowest BCUT2D eigenvalue weighted by Gasteiger charge is -2.32. The molecule has 8 nitrogen and oxygen atoms in total. The number of carbonyl (C=O) groups is 2. The highest BCUT2D eigenvalue weighted by Crippen LogP contribution is 2.31. The second-order valence-corrected chi connectivity index (χ2v) is 10.8. The number of hydrogen-bond acceptors (Lipinski definition) is 5. The molecule has 0 heterocycles. The van der Waals surface area contributed by atoms with Gasteiger partial charge in [-0.3, -0.25) is 13.9 Å². The van der Waals surface area contributed by atoms with Crippen molar-refractivity contribution >= 4 is 27.5 Å². The van der Waals surface area contributed by atoms with Crippen LogP contribution in [0.5, 0.6) is 5.75 Å². The third-order valence-electron chi connectivity index (χ3n) is 5.40. The number of amides is 2. The maximum Gasteiger partial charge on any atom is 0.244 e. The van der Waals surface area contributed by atoms with Crippen LogP contribution in [0.4, 0.5) is 10.1 Å². The lowest BCUT2D eigenvalue weighted by atomic mass is 10.1. The van der Waals surface area contributed by atoms with Crippen LogP contribution in [0.25, 0.3) is 0 Å². The number of anilines is 1. The number of hydrogen-bond donors (Lipinski definition) is 1. The summed E-state index contributed by atoms with van der Waals surface area (Å²) in [5.74, 6) is -0.878. The van der Waals surface area contributed by atoms with Gasteiger partial charge in [-0.15, -0.1) is 0 Å². The highest BCUT2D eigenvalue weighted by Gasteiger charge is 2.31. The van der Waals surface area contributed by atoms with Gasteiger partial charge in [-0.05, 0) is 55.2 Å². The third kappa shape index (κ3) is 7.95. The van der Waals surface area contributed by atoms with E-state index in [0.717, 1.165) is 16.1 Å². The van der Waals surface area contributed by atoms with Gasteiger partial charge in [0.1, 0.15) is 24.2 Å². The van der Waals surface area contributed by atoms with Crippen LogP contribution in [0, 0.1) is 18.7 Å². The first-order valence-corrected chi connectivity index (χ1v) is 13.1. The van der Waals surface area contributed by atoms with E-state index in [1.807, 2.05) is 13.8 Å². The third-order valence-corrected chi connectivity index (χ3v) is 6.53. The molecular weight excluding hydrogens is 473 g/mol. The number of rotatable bonds is 11. The highest BCUT2D eigenvalue weighted by atomic mass is 32.2. The van der Waals surface area contributed by atoms with Gasteiger partial charge in [-0.1, -0.05) is 32.0 Å². The second-order valence-electron chi connectivity index (χ2n) is 8.91. The number of sulfonamides is 1. The molecule has 0 aromatic heterocycles. The average Bonchev–Trinajstić information content (AvgIpc) is 2.79. The number of aryl methyl sites for hydroxylation is 1. The summed E-state index contributed by atoms with van der Waals surface area (Å²) in [6.07, 6.45) is 1.01. The summed E-state index contributed by atoms with van der Waals surface area (Å²) >= 11 is 0. The second kappa shape index (κ2) is 12.0. The van der Waals surface area contributed by atoms with E-state index in [2.05, 4.69) is 5.32 Å². The molecule has 2 aromatic rings. The van der Waals surface area contributed by atoms with Gasteiger partial charge in [0.15, 0.2) is 0 Å². The molecule has 10 heteroatoms. The Balaban J connectivity index is 2.43. The van der Waals surface area contributed by atoms with Crippen LogP contribution in [0.15, 0.2) is 42.5 Å². The van der Waals surface area contributed by atoms with E-state index in [-0.39, 0.29) is 24.1 Å². The van der Waals surface area contributed by atoms with Gasteiger partial charge in [0, 0.05) is 13.1 Å². The number of benzene rings is 2. The lowest BCUT2D eigenvalue weighted by Crippen LogP contribution is -2.51. The largest absolute Gasteiger partial charge is 0.495 e. The fraction of sp³-hybridized carbons (Fsp3) is 0.440. The van der Waals surface area contributed by atoms with Crippen molar-refractivity contribution in [2.45, 2.75) is 40.3 Å². The van der Waals surface area contributed by atoms with E-state index in [1.165, 1.54) is 36.3 Å². The van der Waals surface area contributed by atoms with E-state index in [9.17, 15) is 22.4 Å². The Morgan fingerprint density at radius 2 is 1.71 bits per heavy atom. The summed E-state index contributed by atoms with van der Waals surface area (Å²) < 4.78 is 45.2. The minimum atomic E-state index is -3.89. The van der Waals surface area contributed by atoms with Crippen molar-refractivity contribution < 1.29 is 27.1 Å². The van der Waals surface area contributed by atoms with Gasteiger partial charge >= 0.3 is 0 Å². The van der Waals surface area contributed by atoms with E-state index >= 15 is 0 Å². The minimum Gasteiger partial charge on any atom is -0.495 e. The lowest BCUT2D eigenvalue weighted by molar-refractivity contribution is -0.139. The first kappa shape index (κ1) is 28.1. The molecule has 0 unspecified atom stereocenters. The molecule has 2 amide bonds. The summed E-state index contributed by atoms with van der Waals surface area (Å²) in [4.78, 5) is 27.7. The van der Waals surface area contributed by atoms with Gasteiger partial charge in [0.25, 0.3) is 0 Å². The summed E-state index contributed by atoms with van der Waals surface area (Å²) in [6, 6.07) is 9.70. The molecule has 0 aliphatic rings. The van der Waals surface area contributed by atoms with Crippen LogP contribution in [0.3, 0.4) is 0 Å². The molecule has 2 rings (SSSR count). The molecule has 0 saturated carbocycles. The fourth-order valence-corrected chi connectivity index (χ4v) is 4.26. The fourth-order valence-electron chi connectivity index (χ4n) is 3.41. The summed E-state index contributed by atoms with van der Waals surface area (Å²) in [5.41, 5.74) is 1.61. The average molecular weight is 508 g/mol. The Bertz CT molecular complexity index is 1140. The van der Waals surface area contributed by atoms with Crippen LogP contribution in [0.1, 0.15) is 31.9 Å². The van der Waals surface area contributed by atoms with Gasteiger partial charge in [-0.2, -0.15) is 0 Å². The number of nitrogens with one attached hydrogen (secondary N) is 1. The normalized spacial score (nSPS) is 12.2. The molecule has 0 fully saturated rings. The number of nitrogens with zero attached hydrogens (tertiary/aromatic N) is 2. The van der Waals surface area contributed by atoms with E-state index in [1.54, 1.807) is 32.0 Å². The molecule has 0 saturated heterocycles. The molecule has 0 radical (unpaired) electrons. The number of carbonyl (C=O) groups excluding carboxylic acids is 2. The van der Waals surface area contributed by atoms with Crippen LogP contribution in [-0.2, 0) is 26.2 Å². The first-order chi connectivity index (χ1) is 16.3. The minimum absolute atomic E-state index is 0.00205. The van der Waals surface area contributed by atoms with Crippen molar-refractivity contribution in [2.75, 3.05) is 30.8 Å². The van der Waals surface area contributed by atoms with E-state index in [0.29, 0.717) is 17.9 Å². The molecule has 35 heavy (non-hydrogen) atoms. The molecule has 0 spiro atoms. The van der Waals surface area contributed by atoms with Crippen molar-refractivity contribution in [1.29, 1.82) is 0 Å². The van der Waals surface area contributed by atoms with Gasteiger partial charge in [-0.25, -0.2) is 12.8 Å². The summed E-state index contributed by atoms with van der Waals surface area (Å²) in [5, 5.41) is 2.81. The van der Waals surface area contributed by atoms with Crippen LogP contribution < -0.4 is 14.4 Å². The van der Waals surface area contributed by atoms with Crippen LogP contribution >= 0.6 is 0 Å². The number of ether oxygens (including phenoxy) is 1. The van der Waals surface area contributed by atoms with E-state index in [4.69, 9.17) is 4.74 Å². The molecule has 1 N–H and O–H groups in total. The van der Waals surface area contributed by atoms with Crippen LogP contribution in [0.2, 0.25) is 0 Å². The zero-order valence-electron chi connectivity index (χ0n) is 21.0. The Labute approximate surface area is 207 Å². The molecular formula is C25H34FN3O5S. The van der Waals surface area contributed by atoms with Gasteiger partial charge < -0.3 is 15.0 Å². The van der Waals surface area contributed by atoms with Crippen LogP contribution in [-0.4, -0.2) is 57.6 Å². The Morgan fingerprint density at radius 1 is 1.09 bits per heavy atom. The Kier molecular flexibility index (Phi) is 9.64. The van der Waals surface area contributed by atoms with Gasteiger partial charge in [0.2, 0.25) is 21.8 Å². The van der Waals surface area contributed by atoms with Crippen molar-refractivity contribution in [3.05, 3.63) is 59.4 Å². The zero-order valence-corrected chi connectivity index (χ0v) is 21.9. The predicted molar refractivity (Wildman–Crippen MR) is 134 cm³/mol. The molecule has 1 atom stereocenters. The van der Waals surface area contributed by atoms with Crippen molar-refractivity contribution in [3.63, 3.8) is 0 Å². The molecule has 0 bridgehead atoms. The predicted octanol–water partition coefficient (Wildman–Crippen LogP) is 3.10. The topological polar surface area (TPSA) is 96.0 Å². The van der Waals surface area contributed by atoms with Gasteiger partial charge in [0.05, 0.1) is 19.1 Å². The summed E-state index contributed by atoms with van der Waals surface area (Å²) in [7, 11) is -2.47. The van der Waals surface area contributed by atoms with Crippen molar-refractivity contribution in [3.8, 4) is 5.75 Å². The maximum absolute atomic E-state index is 13.5. The monoisotopic (exact) mass is 507 g/mol. The molecule has 2 aromatic carbocycles. The number of methoxy groups -OCH3 is 1. The molecule has 0 aliphatic carbocycles. The first-order valence-electron chi connectivity index (χ1n) is 11.3. The van der Waals surface area contributed by atoms with Crippen molar-refractivity contribution in [2.24, 2.45) is 5.92 Å². The quantitative estimate of drug-likeness (QED) is 0.504. The zero-order chi connectivity index (χ0) is 26.3. The number of halogens is 1. The molecule has 0 aliphatic heterocycles. The summed E-state index contributed by atoms with van der Waals surface area (Å²) in [6.45, 7) is 7.16.